The molecule has 1 atom stereocenters. The molecule has 2 rings (SSSR count). The molecule has 1 heterocycles. The molecular weight excluding hydrogens is 322 g/mol. The summed E-state index contributed by atoms with van der Waals surface area (Å²) in [4.78, 5) is 0.929. The third kappa shape index (κ3) is 3.73. The van der Waals surface area contributed by atoms with E-state index in [2.05, 4.69) is 5.32 Å². The largest absolute Gasteiger partial charge is 0.493 e. The van der Waals surface area contributed by atoms with Crippen LogP contribution < -0.4 is 14.8 Å². The molecule has 6 heteroatoms. The topological polar surface area (TPSA) is 50.7 Å². The summed E-state index contributed by atoms with van der Waals surface area (Å²) in [6.07, 6.45) is 0. The maximum Gasteiger partial charge on any atom is 0.179 e. The lowest BCUT2D eigenvalue weighted by molar-refractivity contribution is 0.0604. The third-order valence-corrected chi connectivity index (χ3v) is 4.94. The van der Waals surface area contributed by atoms with Gasteiger partial charge in [0.25, 0.3) is 0 Å². The summed E-state index contributed by atoms with van der Waals surface area (Å²) in [6.45, 7) is 2.75. The van der Waals surface area contributed by atoms with Crippen LogP contribution in [0.15, 0.2) is 29.6 Å². The van der Waals surface area contributed by atoms with E-state index in [1.807, 2.05) is 29.6 Å². The van der Waals surface area contributed by atoms with Gasteiger partial charge in [0, 0.05) is 18.0 Å². The van der Waals surface area contributed by atoms with Crippen molar-refractivity contribution in [2.45, 2.75) is 19.1 Å². The van der Waals surface area contributed by atoms with E-state index < -0.39 is 5.60 Å². The Kier molecular flexibility index (Phi) is 5.69. The second-order valence-corrected chi connectivity index (χ2v) is 6.45. The van der Waals surface area contributed by atoms with Crippen LogP contribution in [0.2, 0.25) is 5.02 Å². The molecule has 0 aliphatic carbocycles. The number of halogens is 1. The molecule has 4 nitrogen and oxygen atoms in total. The molecule has 0 saturated carbocycles. The minimum atomic E-state index is -0.906. The molecule has 0 saturated heterocycles. The fourth-order valence-corrected chi connectivity index (χ4v) is 3.27. The standard InChI is InChI=1S/C16H20ClNO3S/c1-16(19,13-5-4-8-22-13)10-18-9-11-6-7-12(20-2)15(21-3)14(11)17/h4-8,18-19H,9-10H2,1-3H3. The Morgan fingerprint density at radius 2 is 2.05 bits per heavy atom. The van der Waals surface area contributed by atoms with Crippen LogP contribution in [0.3, 0.4) is 0 Å². The van der Waals surface area contributed by atoms with Crippen molar-refractivity contribution in [2.24, 2.45) is 0 Å². The molecule has 0 spiro atoms. The lowest BCUT2D eigenvalue weighted by Gasteiger charge is -2.22. The maximum absolute atomic E-state index is 10.5. The van der Waals surface area contributed by atoms with E-state index in [4.69, 9.17) is 21.1 Å². The highest BCUT2D eigenvalue weighted by molar-refractivity contribution is 7.10. The van der Waals surface area contributed by atoms with E-state index in [0.717, 1.165) is 10.4 Å². The number of hydrogen-bond donors (Lipinski definition) is 2. The van der Waals surface area contributed by atoms with E-state index in [0.29, 0.717) is 29.6 Å². The van der Waals surface area contributed by atoms with Gasteiger partial charge in [-0.25, -0.2) is 0 Å². The highest BCUT2D eigenvalue weighted by Crippen LogP contribution is 2.37. The lowest BCUT2D eigenvalue weighted by atomic mass is 10.1. The first-order chi connectivity index (χ1) is 10.5. The zero-order valence-corrected chi connectivity index (χ0v) is 14.4. The first-order valence-electron chi connectivity index (χ1n) is 6.86. The lowest BCUT2D eigenvalue weighted by Crippen LogP contribution is -2.34. The monoisotopic (exact) mass is 341 g/mol. The van der Waals surface area contributed by atoms with Crippen LogP contribution in [-0.4, -0.2) is 25.9 Å². The van der Waals surface area contributed by atoms with Crippen LogP contribution in [0, 0.1) is 0 Å². The van der Waals surface area contributed by atoms with Crippen molar-refractivity contribution in [2.75, 3.05) is 20.8 Å². The number of nitrogens with one attached hydrogen (secondary N) is 1. The molecule has 0 aliphatic heterocycles. The third-order valence-electron chi connectivity index (χ3n) is 3.40. The van der Waals surface area contributed by atoms with Crippen LogP contribution in [0.1, 0.15) is 17.4 Å². The molecule has 0 bridgehead atoms. The Labute approximate surface area is 139 Å². The number of methoxy groups -OCH3 is 2. The van der Waals surface area contributed by atoms with Crippen molar-refractivity contribution in [3.05, 3.63) is 45.1 Å². The van der Waals surface area contributed by atoms with Crippen molar-refractivity contribution in [3.63, 3.8) is 0 Å². The van der Waals surface area contributed by atoms with Gasteiger partial charge in [0.15, 0.2) is 11.5 Å². The molecule has 22 heavy (non-hydrogen) atoms. The first-order valence-corrected chi connectivity index (χ1v) is 8.12. The van der Waals surface area contributed by atoms with Gasteiger partial charge in [0.2, 0.25) is 0 Å². The summed E-state index contributed by atoms with van der Waals surface area (Å²) < 4.78 is 10.5. The predicted molar refractivity (Wildman–Crippen MR) is 90.2 cm³/mol. The normalized spacial score (nSPS) is 13.7. The Bertz CT molecular complexity index is 614. The number of benzene rings is 1. The Hall–Kier alpha value is -1.27. The molecule has 1 aromatic heterocycles. The number of rotatable bonds is 7. The molecular formula is C16H20ClNO3S. The SMILES string of the molecule is COc1ccc(CNCC(C)(O)c2cccs2)c(Cl)c1OC. The Morgan fingerprint density at radius 3 is 2.64 bits per heavy atom. The highest BCUT2D eigenvalue weighted by Gasteiger charge is 2.23. The summed E-state index contributed by atoms with van der Waals surface area (Å²) in [5, 5.41) is 16.2. The number of hydrogen-bond acceptors (Lipinski definition) is 5. The van der Waals surface area contributed by atoms with Gasteiger partial charge in [0.05, 0.1) is 19.2 Å². The number of thiophene rings is 1. The van der Waals surface area contributed by atoms with Crippen LogP contribution in [0.5, 0.6) is 11.5 Å². The van der Waals surface area contributed by atoms with Crippen LogP contribution in [0.25, 0.3) is 0 Å². The van der Waals surface area contributed by atoms with E-state index in [1.54, 1.807) is 21.1 Å². The van der Waals surface area contributed by atoms with Crippen molar-refractivity contribution in [3.8, 4) is 11.5 Å². The average Bonchev–Trinajstić information content (AvgIpc) is 3.03. The van der Waals surface area contributed by atoms with Crippen LogP contribution in [-0.2, 0) is 12.1 Å². The molecule has 0 amide bonds. The summed E-state index contributed by atoms with van der Waals surface area (Å²) in [7, 11) is 3.13. The molecule has 2 N–H and O–H groups in total. The second-order valence-electron chi connectivity index (χ2n) is 5.13. The van der Waals surface area contributed by atoms with Crippen molar-refractivity contribution < 1.29 is 14.6 Å². The number of ether oxygens (including phenoxy) is 2. The summed E-state index contributed by atoms with van der Waals surface area (Å²) in [5.41, 5.74) is -0.0155. The molecule has 1 aromatic carbocycles. The summed E-state index contributed by atoms with van der Waals surface area (Å²) in [6, 6.07) is 7.56. The first kappa shape index (κ1) is 17.1. The van der Waals surface area contributed by atoms with Crippen molar-refractivity contribution in [1.29, 1.82) is 0 Å². The van der Waals surface area contributed by atoms with Crippen LogP contribution in [0.4, 0.5) is 0 Å². The minimum Gasteiger partial charge on any atom is -0.493 e. The second kappa shape index (κ2) is 7.33. The summed E-state index contributed by atoms with van der Waals surface area (Å²) in [5.74, 6) is 1.12. The molecule has 1 unspecified atom stereocenters. The molecule has 0 fully saturated rings. The average molecular weight is 342 g/mol. The van der Waals surface area contributed by atoms with Gasteiger partial charge in [-0.3, -0.25) is 0 Å². The van der Waals surface area contributed by atoms with Crippen molar-refractivity contribution in [1.82, 2.24) is 5.32 Å². The fourth-order valence-electron chi connectivity index (χ4n) is 2.18. The van der Waals surface area contributed by atoms with E-state index in [-0.39, 0.29) is 0 Å². The summed E-state index contributed by atoms with van der Waals surface area (Å²) >= 11 is 7.87. The number of aliphatic hydroxyl groups is 1. The van der Waals surface area contributed by atoms with Gasteiger partial charge < -0.3 is 19.9 Å². The highest BCUT2D eigenvalue weighted by atomic mass is 35.5. The molecule has 120 valence electrons. The minimum absolute atomic E-state index is 0.429. The van der Waals surface area contributed by atoms with Gasteiger partial charge in [-0.05, 0) is 30.0 Å². The van der Waals surface area contributed by atoms with E-state index in [1.165, 1.54) is 11.3 Å². The smallest absolute Gasteiger partial charge is 0.179 e. The molecule has 0 aliphatic rings. The van der Waals surface area contributed by atoms with Gasteiger partial charge in [-0.1, -0.05) is 23.7 Å². The van der Waals surface area contributed by atoms with Crippen LogP contribution >= 0.6 is 22.9 Å². The quantitative estimate of drug-likeness (QED) is 0.810. The van der Waals surface area contributed by atoms with Gasteiger partial charge >= 0.3 is 0 Å². The molecule has 2 aromatic rings. The van der Waals surface area contributed by atoms with E-state index >= 15 is 0 Å². The zero-order valence-electron chi connectivity index (χ0n) is 12.9. The molecule has 0 radical (unpaired) electrons. The Balaban J connectivity index is 2.03. The zero-order chi connectivity index (χ0) is 16.2. The Morgan fingerprint density at radius 1 is 1.27 bits per heavy atom. The maximum atomic E-state index is 10.5. The van der Waals surface area contributed by atoms with Gasteiger partial charge in [0.1, 0.15) is 5.60 Å². The van der Waals surface area contributed by atoms with Crippen molar-refractivity contribution >= 4 is 22.9 Å². The predicted octanol–water partition coefficient (Wildman–Crippen LogP) is 3.42. The fraction of sp³-hybridized carbons (Fsp3) is 0.375. The van der Waals surface area contributed by atoms with Gasteiger partial charge in [-0.15, -0.1) is 11.3 Å². The van der Waals surface area contributed by atoms with E-state index in [9.17, 15) is 5.11 Å². The van der Waals surface area contributed by atoms with Gasteiger partial charge in [-0.2, -0.15) is 0 Å².